The molecule has 0 aromatic heterocycles. The van der Waals surface area contributed by atoms with Crippen molar-refractivity contribution in [2.75, 3.05) is 0 Å². The second kappa shape index (κ2) is 8.52. The number of hydrogen-bond acceptors (Lipinski definition) is 0. The van der Waals surface area contributed by atoms with Crippen molar-refractivity contribution in [2.45, 2.75) is 85.9 Å². The molecular formula is C27H39Ce2+3. The molecule has 152 valence electrons. The van der Waals surface area contributed by atoms with Gasteiger partial charge in [-0.15, -0.1) is 0 Å². The molecule has 1 radical (unpaired) electrons. The Hall–Kier alpha value is 1.19. The molecule has 3 aliphatic rings. The summed E-state index contributed by atoms with van der Waals surface area (Å²) in [4.78, 5) is 0. The van der Waals surface area contributed by atoms with Crippen molar-refractivity contribution in [3.05, 3.63) is 68.4 Å². The quantitative estimate of drug-likeness (QED) is 0.288. The molecule has 0 aromatic rings. The van der Waals surface area contributed by atoms with E-state index >= 15 is 0 Å². The van der Waals surface area contributed by atoms with Gasteiger partial charge in [-0.3, -0.25) is 0 Å². The summed E-state index contributed by atoms with van der Waals surface area (Å²) < 4.78 is 0.731. The van der Waals surface area contributed by atoms with Gasteiger partial charge in [-0.05, 0) is 0 Å². The molecule has 0 aromatic carbocycles. The largest absolute Gasteiger partial charge is 3.00 e. The van der Waals surface area contributed by atoms with Crippen LogP contribution in [-0.4, -0.2) is 0 Å². The molecule has 3 atom stereocenters. The number of hydrogen-bond donors (Lipinski definition) is 0. The first-order valence-corrected chi connectivity index (χ1v) is 15.4. The fourth-order valence-electron chi connectivity index (χ4n) is 6.40. The minimum absolute atomic E-state index is 0. The van der Waals surface area contributed by atoms with E-state index in [-0.39, 0.29) is 44.5 Å². The second-order valence-corrected chi connectivity index (χ2v) is 22.4. The molecule has 0 nitrogen and oxygen atoms in total. The van der Waals surface area contributed by atoms with Gasteiger partial charge in [-0.1, -0.05) is 0 Å². The molecule has 2 heteroatoms. The molecule has 0 N–H and O–H groups in total. The van der Waals surface area contributed by atoms with Crippen LogP contribution in [0.1, 0.15) is 83.1 Å². The summed E-state index contributed by atoms with van der Waals surface area (Å²) in [6, 6.07) is 0. The number of rotatable bonds is 3. The third kappa shape index (κ3) is 3.72. The van der Waals surface area contributed by atoms with E-state index in [9.17, 15) is 0 Å². The normalized spacial score (nSPS) is 34.6. The molecule has 0 saturated heterocycles. The first kappa shape index (κ1) is 26.4. The van der Waals surface area contributed by atoms with Crippen LogP contribution in [0, 0.1) is 77.2 Å². The van der Waals surface area contributed by atoms with Crippen molar-refractivity contribution in [3.63, 3.8) is 0 Å². The molecule has 0 spiro atoms. The van der Waals surface area contributed by atoms with Crippen molar-refractivity contribution < 1.29 is 77.2 Å². The maximum atomic E-state index is 2.67. The molecule has 0 bridgehead atoms. The van der Waals surface area contributed by atoms with Crippen LogP contribution < -0.4 is 0 Å². The molecule has 0 fully saturated rings. The van der Waals surface area contributed by atoms with Crippen LogP contribution in [0.15, 0.2) is 68.4 Å². The summed E-state index contributed by atoms with van der Waals surface area (Å²) in [5.74, 6) is 0. The van der Waals surface area contributed by atoms with Crippen molar-refractivity contribution >= 4 is 0 Å². The zero-order valence-electron chi connectivity index (χ0n) is 20.7. The van der Waals surface area contributed by atoms with Crippen molar-refractivity contribution in [3.8, 4) is 0 Å². The Kier molecular flexibility index (Phi) is 7.77. The topological polar surface area (TPSA) is 0 Å². The van der Waals surface area contributed by atoms with E-state index in [2.05, 4.69) is 101 Å². The van der Waals surface area contributed by atoms with Gasteiger partial charge < -0.3 is 0 Å². The molecule has 3 unspecified atom stereocenters. The Bertz CT molecular complexity index is 825. The molecule has 3 rings (SSSR count). The van der Waals surface area contributed by atoms with Crippen LogP contribution in [0.25, 0.3) is 0 Å². The van der Waals surface area contributed by atoms with E-state index < -0.39 is 35.5 Å². The van der Waals surface area contributed by atoms with Gasteiger partial charge in [0.2, 0.25) is 0 Å². The summed E-state index contributed by atoms with van der Waals surface area (Å²) in [5, 5.41) is 0. The van der Waals surface area contributed by atoms with Gasteiger partial charge in [0.15, 0.2) is 0 Å². The van der Waals surface area contributed by atoms with E-state index in [0.29, 0.717) is 0 Å². The molecule has 29 heavy (non-hydrogen) atoms. The molecule has 3 aliphatic carbocycles. The standard InChI is InChI=1S/3C9H13.2Ce/c3*1-6-5-7(2)9(4)8(6)3;;/h3*5H,1-4H3;;/q;;;;+3. The zero-order valence-corrected chi connectivity index (χ0v) is 27.0. The maximum Gasteiger partial charge on any atom is 3.00 e. The minimum Gasteiger partial charge on any atom is 3.00 e. The van der Waals surface area contributed by atoms with E-state index in [0.717, 1.165) is 0 Å². The van der Waals surface area contributed by atoms with Gasteiger partial charge in [0.1, 0.15) is 0 Å². The van der Waals surface area contributed by atoms with Gasteiger partial charge in [0, 0.05) is 0 Å². The third-order valence-corrected chi connectivity index (χ3v) is 23.5. The zero-order chi connectivity index (χ0) is 21.4. The predicted molar refractivity (Wildman–Crippen MR) is 121 cm³/mol. The van der Waals surface area contributed by atoms with E-state index in [1.807, 2.05) is 0 Å². The van der Waals surface area contributed by atoms with E-state index in [1.165, 1.54) is 33.4 Å². The van der Waals surface area contributed by atoms with Gasteiger partial charge in [-0.25, -0.2) is 0 Å². The van der Waals surface area contributed by atoms with Crippen molar-refractivity contribution in [2.24, 2.45) is 0 Å². The Labute approximate surface area is 228 Å². The summed E-state index contributed by atoms with van der Waals surface area (Å²) in [6.45, 7) is 29.1. The Balaban J connectivity index is 0.00000300. The first-order chi connectivity index (χ1) is 12.7. The van der Waals surface area contributed by atoms with Crippen LogP contribution in [0.4, 0.5) is 0 Å². The fraction of sp³-hybridized carbons (Fsp3) is 0.556. The van der Waals surface area contributed by atoms with Crippen LogP contribution in [0.2, 0.25) is 2.80 Å². The molecule has 0 amide bonds. The summed E-state index contributed by atoms with van der Waals surface area (Å²) >= 11 is -2.60. The first-order valence-electron chi connectivity index (χ1n) is 10.7. The average molecular weight is 644 g/mol. The number of allylic oxidation sites excluding steroid dienone is 12. The van der Waals surface area contributed by atoms with Gasteiger partial charge in [0.05, 0.1) is 0 Å². The summed E-state index contributed by atoms with van der Waals surface area (Å²) in [5.41, 5.74) is 14.0. The Morgan fingerprint density at radius 2 is 0.690 bits per heavy atom. The Morgan fingerprint density at radius 3 is 0.828 bits per heavy atom. The maximum absolute atomic E-state index is 2.67. The minimum atomic E-state index is -2.60. The SMILES string of the molecule is CC1=C[C](C)([Ce]([C]2(C)C=C(C)C(C)=C2C)[C]2(C)C=C(C)C(C)=C2C)C(C)=C1C.[Ce+3]. The van der Waals surface area contributed by atoms with Crippen molar-refractivity contribution in [1.29, 1.82) is 0 Å². The van der Waals surface area contributed by atoms with Crippen molar-refractivity contribution in [1.82, 2.24) is 0 Å². The van der Waals surface area contributed by atoms with Crippen LogP contribution >= 0.6 is 0 Å². The van der Waals surface area contributed by atoms with E-state index in [1.54, 1.807) is 16.7 Å². The predicted octanol–water partition coefficient (Wildman–Crippen LogP) is 9.03. The molecular weight excluding hydrogens is 605 g/mol. The van der Waals surface area contributed by atoms with Crippen LogP contribution in [0.3, 0.4) is 0 Å². The van der Waals surface area contributed by atoms with Gasteiger partial charge in [-0.2, -0.15) is 0 Å². The van der Waals surface area contributed by atoms with Crippen LogP contribution in [0.5, 0.6) is 0 Å². The fourth-order valence-corrected chi connectivity index (χ4v) is 25.3. The molecule has 0 heterocycles. The molecule has 0 saturated carbocycles. The van der Waals surface area contributed by atoms with Gasteiger partial charge >= 0.3 is 231 Å². The third-order valence-electron chi connectivity index (χ3n) is 8.87. The smallest absolute Gasteiger partial charge is 3.00 e. The Morgan fingerprint density at radius 1 is 0.483 bits per heavy atom. The monoisotopic (exact) mass is 643 g/mol. The summed E-state index contributed by atoms with van der Waals surface area (Å²) in [7, 11) is 0. The summed E-state index contributed by atoms with van der Waals surface area (Å²) in [6.07, 6.45) is 8.01. The second-order valence-electron chi connectivity index (χ2n) is 10.2. The van der Waals surface area contributed by atoms with E-state index in [4.69, 9.17) is 0 Å². The average Bonchev–Trinajstić information content (AvgIpc) is 3.01. The van der Waals surface area contributed by atoms with Gasteiger partial charge in [0.25, 0.3) is 0 Å². The van der Waals surface area contributed by atoms with Crippen LogP contribution in [-0.2, 0) is 0 Å². The molecule has 0 aliphatic heterocycles.